The molecule has 122 valence electrons. The van der Waals surface area contributed by atoms with Gasteiger partial charge in [-0.25, -0.2) is 4.79 Å². The lowest BCUT2D eigenvalue weighted by molar-refractivity contribution is 0.0602. The van der Waals surface area contributed by atoms with Gasteiger partial charge >= 0.3 is 5.97 Å². The number of hydrogen-bond donors (Lipinski definition) is 1. The van der Waals surface area contributed by atoms with Crippen molar-refractivity contribution in [2.75, 3.05) is 20.0 Å². The van der Waals surface area contributed by atoms with Crippen molar-refractivity contribution in [3.63, 3.8) is 0 Å². The SMILES string of the molecule is COC(=O)c1cc(C(=O)c2cc(OC)c3ccccn23)ccc1N. The van der Waals surface area contributed by atoms with Crippen molar-refractivity contribution in [1.29, 1.82) is 0 Å². The lowest BCUT2D eigenvalue weighted by Crippen LogP contribution is -2.10. The lowest BCUT2D eigenvalue weighted by Gasteiger charge is -2.07. The van der Waals surface area contributed by atoms with Gasteiger partial charge in [0.1, 0.15) is 5.75 Å². The fourth-order valence-corrected chi connectivity index (χ4v) is 2.59. The van der Waals surface area contributed by atoms with Gasteiger partial charge in [0.25, 0.3) is 0 Å². The molecule has 2 heterocycles. The van der Waals surface area contributed by atoms with E-state index in [2.05, 4.69) is 0 Å². The highest BCUT2D eigenvalue weighted by Crippen LogP contribution is 2.26. The summed E-state index contributed by atoms with van der Waals surface area (Å²) in [5, 5.41) is 0. The van der Waals surface area contributed by atoms with Gasteiger partial charge < -0.3 is 19.6 Å². The molecular weight excluding hydrogens is 308 g/mol. The van der Waals surface area contributed by atoms with Crippen molar-refractivity contribution in [3.8, 4) is 5.75 Å². The van der Waals surface area contributed by atoms with Gasteiger partial charge in [0.2, 0.25) is 5.78 Å². The molecule has 0 radical (unpaired) electrons. The monoisotopic (exact) mass is 324 g/mol. The third kappa shape index (κ3) is 2.48. The third-order valence-corrected chi connectivity index (χ3v) is 3.81. The molecule has 0 amide bonds. The Kier molecular flexibility index (Phi) is 3.95. The molecule has 0 atom stereocenters. The smallest absolute Gasteiger partial charge is 0.339 e. The maximum absolute atomic E-state index is 12.9. The summed E-state index contributed by atoms with van der Waals surface area (Å²) in [7, 11) is 2.82. The Morgan fingerprint density at radius 2 is 1.88 bits per heavy atom. The number of nitrogen functional groups attached to an aromatic ring is 1. The largest absolute Gasteiger partial charge is 0.494 e. The number of nitrogens with two attached hydrogens (primary N) is 1. The van der Waals surface area contributed by atoms with Crippen molar-refractivity contribution in [2.24, 2.45) is 0 Å². The predicted molar refractivity (Wildman–Crippen MR) is 89.6 cm³/mol. The minimum atomic E-state index is -0.584. The van der Waals surface area contributed by atoms with Crippen molar-refractivity contribution in [1.82, 2.24) is 4.40 Å². The molecule has 0 saturated carbocycles. The Labute approximate surface area is 138 Å². The molecule has 3 rings (SSSR count). The number of fused-ring (bicyclic) bond motifs is 1. The van der Waals surface area contributed by atoms with Gasteiger partial charge in [-0.05, 0) is 30.3 Å². The molecule has 0 bridgehead atoms. The Morgan fingerprint density at radius 1 is 1.08 bits per heavy atom. The van der Waals surface area contributed by atoms with Gasteiger partial charge in [0, 0.05) is 23.5 Å². The minimum absolute atomic E-state index is 0.163. The topological polar surface area (TPSA) is 83.0 Å². The first-order chi connectivity index (χ1) is 11.6. The quantitative estimate of drug-likeness (QED) is 0.453. The Bertz CT molecular complexity index is 943. The fourth-order valence-electron chi connectivity index (χ4n) is 2.59. The van der Waals surface area contributed by atoms with Crippen LogP contribution in [0.15, 0.2) is 48.7 Å². The zero-order valence-electron chi connectivity index (χ0n) is 13.3. The highest BCUT2D eigenvalue weighted by atomic mass is 16.5. The van der Waals surface area contributed by atoms with E-state index >= 15 is 0 Å². The number of aromatic nitrogens is 1. The van der Waals surface area contributed by atoms with Gasteiger partial charge in [0.05, 0.1) is 31.0 Å². The zero-order valence-corrected chi connectivity index (χ0v) is 13.3. The molecule has 2 N–H and O–H groups in total. The van der Waals surface area contributed by atoms with E-state index in [1.54, 1.807) is 29.8 Å². The molecule has 0 saturated heterocycles. The van der Waals surface area contributed by atoms with Crippen molar-refractivity contribution >= 4 is 23.0 Å². The van der Waals surface area contributed by atoms with Gasteiger partial charge in [-0.1, -0.05) is 6.07 Å². The number of methoxy groups -OCH3 is 2. The molecule has 0 fully saturated rings. The van der Waals surface area contributed by atoms with Crippen molar-refractivity contribution < 1.29 is 19.1 Å². The number of nitrogens with zero attached hydrogens (tertiary/aromatic N) is 1. The summed E-state index contributed by atoms with van der Waals surface area (Å²) in [5.74, 6) is -0.230. The number of benzene rings is 1. The Hall–Kier alpha value is -3.28. The Morgan fingerprint density at radius 3 is 2.58 bits per heavy atom. The van der Waals surface area contributed by atoms with Crippen LogP contribution in [0, 0.1) is 0 Å². The maximum atomic E-state index is 12.9. The van der Waals surface area contributed by atoms with Crippen molar-refractivity contribution in [3.05, 3.63) is 65.5 Å². The standard InChI is InChI=1S/C18H16N2O4/c1-23-16-10-15(20-8-4-3-5-14(16)20)17(21)11-6-7-13(19)12(9-11)18(22)24-2/h3-10H,19H2,1-2H3. The average molecular weight is 324 g/mol. The molecule has 0 aliphatic heterocycles. The molecular formula is C18H16N2O4. The maximum Gasteiger partial charge on any atom is 0.339 e. The molecule has 0 aliphatic rings. The number of ketones is 1. The first kappa shape index (κ1) is 15.6. The molecule has 24 heavy (non-hydrogen) atoms. The highest BCUT2D eigenvalue weighted by molar-refractivity contribution is 6.10. The van der Waals surface area contributed by atoms with Crippen molar-refractivity contribution in [2.45, 2.75) is 0 Å². The van der Waals surface area contributed by atoms with Crippen LogP contribution in [0.25, 0.3) is 5.52 Å². The van der Waals surface area contributed by atoms with E-state index in [4.69, 9.17) is 15.2 Å². The van der Waals surface area contributed by atoms with E-state index in [-0.39, 0.29) is 17.0 Å². The minimum Gasteiger partial charge on any atom is -0.494 e. The van der Waals surface area contributed by atoms with E-state index in [1.807, 2.05) is 18.2 Å². The summed E-state index contributed by atoms with van der Waals surface area (Å²) in [6.07, 6.45) is 1.78. The molecule has 0 unspecified atom stereocenters. The van der Waals surface area contributed by atoms with Gasteiger partial charge in [-0.3, -0.25) is 4.79 Å². The molecule has 3 aromatic rings. The van der Waals surface area contributed by atoms with E-state index < -0.39 is 5.97 Å². The van der Waals surface area contributed by atoms with Gasteiger partial charge in [-0.15, -0.1) is 0 Å². The molecule has 0 aliphatic carbocycles. The summed E-state index contributed by atoms with van der Waals surface area (Å²) < 4.78 is 11.8. The van der Waals surface area contributed by atoms with Crippen LogP contribution in [0.4, 0.5) is 5.69 Å². The number of esters is 1. The van der Waals surface area contributed by atoms with Crippen LogP contribution in [0.5, 0.6) is 5.75 Å². The summed E-state index contributed by atoms with van der Waals surface area (Å²) in [6, 6.07) is 11.8. The molecule has 6 heteroatoms. The molecule has 6 nitrogen and oxygen atoms in total. The average Bonchev–Trinajstić information content (AvgIpc) is 2.99. The summed E-state index contributed by atoms with van der Waals surface area (Å²) in [4.78, 5) is 24.7. The molecule has 2 aromatic heterocycles. The highest BCUT2D eigenvalue weighted by Gasteiger charge is 2.19. The van der Waals surface area contributed by atoms with Gasteiger partial charge in [-0.2, -0.15) is 0 Å². The van der Waals surface area contributed by atoms with Crippen LogP contribution in [-0.4, -0.2) is 30.4 Å². The first-order valence-corrected chi connectivity index (χ1v) is 7.23. The van der Waals surface area contributed by atoms with Crippen LogP contribution < -0.4 is 10.5 Å². The van der Waals surface area contributed by atoms with Crippen LogP contribution in [0.2, 0.25) is 0 Å². The number of rotatable bonds is 4. The van der Waals surface area contributed by atoms with Gasteiger partial charge in [0.15, 0.2) is 0 Å². The fraction of sp³-hybridized carbons (Fsp3) is 0.111. The number of carbonyl (C=O) groups excluding carboxylic acids is 2. The normalized spacial score (nSPS) is 10.6. The van der Waals surface area contributed by atoms with E-state index in [1.165, 1.54) is 19.2 Å². The lowest BCUT2D eigenvalue weighted by atomic mass is 10.0. The summed E-state index contributed by atoms with van der Waals surface area (Å²) in [5.41, 5.74) is 7.77. The Balaban J connectivity index is 2.12. The van der Waals surface area contributed by atoms with E-state index in [0.717, 1.165) is 5.52 Å². The van der Waals surface area contributed by atoms with Crippen LogP contribution in [0.3, 0.4) is 0 Å². The molecule has 1 aromatic carbocycles. The second kappa shape index (κ2) is 6.08. The van der Waals surface area contributed by atoms with Crippen LogP contribution in [-0.2, 0) is 4.74 Å². The zero-order chi connectivity index (χ0) is 17.3. The number of anilines is 1. The van der Waals surface area contributed by atoms with E-state index in [9.17, 15) is 9.59 Å². The second-order valence-electron chi connectivity index (χ2n) is 5.18. The van der Waals surface area contributed by atoms with Crippen LogP contribution >= 0.6 is 0 Å². The summed E-state index contributed by atoms with van der Waals surface area (Å²) in [6.45, 7) is 0. The number of hydrogen-bond acceptors (Lipinski definition) is 5. The first-order valence-electron chi connectivity index (χ1n) is 7.23. The number of ether oxygens (including phenoxy) is 2. The second-order valence-corrected chi connectivity index (χ2v) is 5.18. The predicted octanol–water partition coefficient (Wildman–Crippen LogP) is 2.55. The third-order valence-electron chi connectivity index (χ3n) is 3.81. The van der Waals surface area contributed by atoms with E-state index in [0.29, 0.717) is 17.0 Å². The number of carbonyl (C=O) groups is 2. The van der Waals surface area contributed by atoms with Crippen LogP contribution in [0.1, 0.15) is 26.4 Å². The number of pyridine rings is 1. The molecule has 0 spiro atoms. The summed E-state index contributed by atoms with van der Waals surface area (Å²) >= 11 is 0.